The first-order valence-electron chi connectivity index (χ1n) is 5.07. The first-order valence-corrected chi connectivity index (χ1v) is 5.07. The van der Waals surface area contributed by atoms with Crippen molar-refractivity contribution >= 4 is 5.97 Å². The number of rotatable bonds is 5. The number of nitrogens with zero attached hydrogens (tertiary/aromatic N) is 2. The average Bonchev–Trinajstić information content (AvgIpc) is 2.16. The molecule has 0 unspecified atom stereocenters. The fourth-order valence-electron chi connectivity index (χ4n) is 1.37. The van der Waals surface area contributed by atoms with Crippen LogP contribution in [0.5, 0.6) is 0 Å². The van der Waals surface area contributed by atoms with Gasteiger partial charge in [0.25, 0.3) is 0 Å². The third-order valence-electron chi connectivity index (χ3n) is 2.09. The van der Waals surface area contributed by atoms with Gasteiger partial charge in [-0.15, -0.1) is 0 Å². The Balaban J connectivity index is 2.70. The van der Waals surface area contributed by atoms with Gasteiger partial charge < -0.3 is 15.7 Å². The Bertz CT molecular complexity index is 366. The second kappa shape index (κ2) is 5.58. The molecule has 1 aromatic heterocycles. The summed E-state index contributed by atoms with van der Waals surface area (Å²) in [5.74, 6) is -1.00. The van der Waals surface area contributed by atoms with Crippen molar-refractivity contribution in [2.45, 2.75) is 19.0 Å². The van der Waals surface area contributed by atoms with Crippen LogP contribution in [0.25, 0.3) is 0 Å². The van der Waals surface area contributed by atoms with Gasteiger partial charge in [0, 0.05) is 18.7 Å². The van der Waals surface area contributed by atoms with E-state index in [1.165, 1.54) is 0 Å². The molecule has 1 heterocycles. The van der Waals surface area contributed by atoms with E-state index in [1.807, 2.05) is 31.1 Å². The van der Waals surface area contributed by atoms with Crippen LogP contribution in [-0.2, 0) is 17.8 Å². The lowest BCUT2D eigenvalue weighted by Crippen LogP contribution is -2.32. The van der Waals surface area contributed by atoms with Crippen LogP contribution in [0, 0.1) is 0 Å². The number of aromatic nitrogens is 1. The summed E-state index contributed by atoms with van der Waals surface area (Å²) < 4.78 is 0. The minimum absolute atomic E-state index is 0.261. The Morgan fingerprint density at radius 2 is 2.12 bits per heavy atom. The predicted octanol–water partition coefficient (Wildman–Crippen LogP) is 0.0976. The van der Waals surface area contributed by atoms with Crippen LogP contribution in [-0.4, -0.2) is 41.1 Å². The van der Waals surface area contributed by atoms with E-state index in [0.717, 1.165) is 12.2 Å². The van der Waals surface area contributed by atoms with E-state index < -0.39 is 12.0 Å². The molecule has 0 aromatic carbocycles. The molecule has 0 spiro atoms. The molecular formula is C11H17N3O2. The number of carboxylic acid groups (broad SMARTS) is 1. The molecule has 1 atom stereocenters. The standard InChI is InChI=1S/C11H17N3O2/c1-14(2)7-9-5-3-4-8(13-9)6-10(12)11(15)16/h3-5,10H,6-7,12H2,1-2H3,(H,15,16)/t10-/m0/s1. The van der Waals surface area contributed by atoms with Crippen LogP contribution in [0.1, 0.15) is 11.4 Å². The number of carboxylic acids is 1. The zero-order valence-corrected chi connectivity index (χ0v) is 9.55. The van der Waals surface area contributed by atoms with Gasteiger partial charge >= 0.3 is 5.97 Å². The van der Waals surface area contributed by atoms with Crippen molar-refractivity contribution in [3.8, 4) is 0 Å². The number of carbonyl (C=O) groups is 1. The van der Waals surface area contributed by atoms with Crippen molar-refractivity contribution in [2.24, 2.45) is 5.73 Å². The molecule has 1 aromatic rings. The number of hydrogen-bond acceptors (Lipinski definition) is 4. The topological polar surface area (TPSA) is 79.5 Å². The van der Waals surface area contributed by atoms with E-state index in [4.69, 9.17) is 10.8 Å². The Morgan fingerprint density at radius 3 is 2.69 bits per heavy atom. The number of pyridine rings is 1. The number of aliphatic carboxylic acids is 1. The van der Waals surface area contributed by atoms with Crippen LogP contribution in [0.4, 0.5) is 0 Å². The highest BCUT2D eigenvalue weighted by molar-refractivity contribution is 5.73. The molecule has 0 aliphatic rings. The largest absolute Gasteiger partial charge is 0.480 e. The molecule has 0 radical (unpaired) electrons. The molecule has 3 N–H and O–H groups in total. The third-order valence-corrected chi connectivity index (χ3v) is 2.09. The van der Waals surface area contributed by atoms with Crippen LogP contribution < -0.4 is 5.73 Å². The summed E-state index contributed by atoms with van der Waals surface area (Å²) >= 11 is 0. The fourth-order valence-corrected chi connectivity index (χ4v) is 1.37. The van der Waals surface area contributed by atoms with Crippen LogP contribution in [0.2, 0.25) is 0 Å². The minimum Gasteiger partial charge on any atom is -0.480 e. The SMILES string of the molecule is CN(C)Cc1cccc(C[C@H](N)C(=O)O)n1. The Hall–Kier alpha value is -1.46. The first kappa shape index (κ1) is 12.6. The predicted molar refractivity (Wildman–Crippen MR) is 60.9 cm³/mol. The summed E-state index contributed by atoms with van der Waals surface area (Å²) in [6, 6.07) is 4.69. The molecule has 0 bridgehead atoms. The first-order chi connectivity index (χ1) is 7.49. The highest BCUT2D eigenvalue weighted by atomic mass is 16.4. The lowest BCUT2D eigenvalue weighted by atomic mass is 10.1. The Morgan fingerprint density at radius 1 is 1.50 bits per heavy atom. The van der Waals surface area contributed by atoms with Crippen molar-refractivity contribution in [1.82, 2.24) is 9.88 Å². The molecule has 1 rings (SSSR count). The summed E-state index contributed by atoms with van der Waals surface area (Å²) in [4.78, 5) is 17.0. The van der Waals surface area contributed by atoms with Gasteiger partial charge in [-0.1, -0.05) is 6.07 Å². The lowest BCUT2D eigenvalue weighted by molar-refractivity contribution is -0.138. The van der Waals surface area contributed by atoms with E-state index in [9.17, 15) is 4.79 Å². The quantitative estimate of drug-likeness (QED) is 0.740. The lowest BCUT2D eigenvalue weighted by Gasteiger charge is -2.11. The fraction of sp³-hybridized carbons (Fsp3) is 0.455. The third kappa shape index (κ3) is 3.96. The van der Waals surface area contributed by atoms with Crippen LogP contribution >= 0.6 is 0 Å². The van der Waals surface area contributed by atoms with Gasteiger partial charge in [-0.2, -0.15) is 0 Å². The molecule has 0 aliphatic heterocycles. The van der Waals surface area contributed by atoms with Gasteiger partial charge in [-0.25, -0.2) is 0 Å². The zero-order chi connectivity index (χ0) is 12.1. The average molecular weight is 223 g/mol. The van der Waals surface area contributed by atoms with Gasteiger partial charge in [-0.05, 0) is 26.2 Å². The summed E-state index contributed by atoms with van der Waals surface area (Å²) in [5, 5.41) is 8.70. The van der Waals surface area contributed by atoms with E-state index in [-0.39, 0.29) is 6.42 Å². The molecule has 16 heavy (non-hydrogen) atoms. The highest BCUT2D eigenvalue weighted by Crippen LogP contribution is 2.04. The van der Waals surface area contributed by atoms with Crippen molar-refractivity contribution in [3.05, 3.63) is 29.6 Å². The van der Waals surface area contributed by atoms with Crippen LogP contribution in [0.15, 0.2) is 18.2 Å². The molecule has 88 valence electrons. The second-order valence-electron chi connectivity index (χ2n) is 4.01. The zero-order valence-electron chi connectivity index (χ0n) is 9.55. The second-order valence-corrected chi connectivity index (χ2v) is 4.01. The molecule has 5 heteroatoms. The molecule has 0 saturated heterocycles. The van der Waals surface area contributed by atoms with E-state index in [2.05, 4.69) is 4.98 Å². The van der Waals surface area contributed by atoms with Gasteiger partial charge in [0.05, 0.1) is 5.69 Å². The molecule has 0 fully saturated rings. The molecular weight excluding hydrogens is 206 g/mol. The molecule has 0 amide bonds. The summed E-state index contributed by atoms with van der Waals surface area (Å²) in [7, 11) is 3.91. The summed E-state index contributed by atoms with van der Waals surface area (Å²) in [6.07, 6.45) is 0.261. The maximum absolute atomic E-state index is 10.6. The molecule has 0 aliphatic carbocycles. The maximum Gasteiger partial charge on any atom is 0.320 e. The molecule has 5 nitrogen and oxygen atoms in total. The van der Waals surface area contributed by atoms with E-state index >= 15 is 0 Å². The van der Waals surface area contributed by atoms with E-state index in [0.29, 0.717) is 5.69 Å². The smallest absolute Gasteiger partial charge is 0.320 e. The summed E-state index contributed by atoms with van der Waals surface area (Å²) in [5.41, 5.74) is 7.08. The monoisotopic (exact) mass is 223 g/mol. The van der Waals surface area contributed by atoms with Gasteiger partial charge in [0.15, 0.2) is 0 Å². The van der Waals surface area contributed by atoms with Gasteiger partial charge in [0.2, 0.25) is 0 Å². The number of nitrogens with two attached hydrogens (primary N) is 1. The van der Waals surface area contributed by atoms with Crippen molar-refractivity contribution in [3.63, 3.8) is 0 Å². The Labute approximate surface area is 94.9 Å². The minimum atomic E-state index is -1.00. The van der Waals surface area contributed by atoms with Crippen molar-refractivity contribution < 1.29 is 9.90 Å². The maximum atomic E-state index is 10.6. The Kier molecular flexibility index (Phi) is 4.39. The normalized spacial score (nSPS) is 12.8. The highest BCUT2D eigenvalue weighted by Gasteiger charge is 2.12. The van der Waals surface area contributed by atoms with Crippen LogP contribution in [0.3, 0.4) is 0 Å². The van der Waals surface area contributed by atoms with Crippen molar-refractivity contribution in [1.29, 1.82) is 0 Å². The van der Waals surface area contributed by atoms with Crippen molar-refractivity contribution in [2.75, 3.05) is 14.1 Å². The van der Waals surface area contributed by atoms with Gasteiger partial charge in [0.1, 0.15) is 6.04 Å². The summed E-state index contributed by atoms with van der Waals surface area (Å²) in [6.45, 7) is 0.732. The number of hydrogen-bond donors (Lipinski definition) is 2. The van der Waals surface area contributed by atoms with Gasteiger partial charge in [-0.3, -0.25) is 9.78 Å². The molecule has 0 saturated carbocycles. The van der Waals surface area contributed by atoms with E-state index in [1.54, 1.807) is 6.07 Å².